The molecule has 0 radical (unpaired) electrons. The van der Waals surface area contributed by atoms with Gasteiger partial charge in [0.15, 0.2) is 6.04 Å². The van der Waals surface area contributed by atoms with Crippen LogP contribution in [0.2, 0.25) is 0 Å². The number of likely N-dealkylation sites (tertiary alicyclic amines) is 1. The lowest BCUT2D eigenvalue weighted by Crippen LogP contribution is -3.05. The number of carboxylic acid groups (broad SMARTS) is 1. The van der Waals surface area contributed by atoms with E-state index in [2.05, 4.69) is 81.4 Å². The number of nitrogens with two attached hydrogens (primary N) is 2. The Labute approximate surface area is 562 Å². The summed E-state index contributed by atoms with van der Waals surface area (Å²) < 4.78 is 0. The number of nitrogens with zero attached hydrogens (tertiary/aromatic N) is 1. The number of benzene rings is 1. The van der Waals surface area contributed by atoms with Crippen molar-refractivity contribution < 1.29 is 101 Å². The van der Waals surface area contributed by atoms with E-state index in [1.807, 2.05) is 14.1 Å². The van der Waals surface area contributed by atoms with Crippen LogP contribution in [0.25, 0.3) is 0 Å². The number of hydrogen-bond acceptors (Lipinski definition) is 17. The molecular formula is C62H116N19O15+5. The standard InChI is InChI=1S/C62H111N19O15/c1-36(2)50(79-59(94)48-22-16-32-81(48)61(96)41(66)33-39-23-25-40(83)26-24-39)60(95)77-45(19-9-13-29-65)55(90)75-43(18-8-12-28-64)54(89)74-42(17-7-11-27-63)53(88)72-38(4)52(87)73-46(21-15-30-69-62(67)68)56(91)76-44(20-10-14-31-80(5)6)57(92)78-47(35-82)58(93)71-37(3)51(86)70-34-49(84)85/h23-26,36-38,41-48,50,62,69,82-83H,7-22,27-35,63-68H2,1-6H3,(H,70,86)(H,71,93)(H,72,88)(H,73,87)(H,74,89)(H,75,90)(H,76,91)(H,77,95)(H,78,92)(H,79,94)(H,84,85)/p+5/t37-,38-,41-,42-,43-,44-,45-,46-,47-,48-,50-/m0/s1. The zero-order valence-corrected chi connectivity index (χ0v) is 57.2. The van der Waals surface area contributed by atoms with Crippen molar-refractivity contribution in [2.75, 3.05) is 66.5 Å². The van der Waals surface area contributed by atoms with Crippen LogP contribution in [0.4, 0.5) is 0 Å². The highest BCUT2D eigenvalue weighted by Gasteiger charge is 2.41. The third-order valence-electron chi connectivity index (χ3n) is 16.2. The van der Waals surface area contributed by atoms with Crippen molar-refractivity contribution in [3.8, 4) is 5.75 Å². The summed E-state index contributed by atoms with van der Waals surface area (Å²) in [4.78, 5) is 167. The van der Waals surface area contributed by atoms with Crippen molar-refractivity contribution >= 4 is 70.9 Å². The van der Waals surface area contributed by atoms with Crippen LogP contribution in [0.5, 0.6) is 5.75 Å². The van der Waals surface area contributed by atoms with E-state index in [1.165, 1.54) is 30.9 Å². The lowest BCUT2D eigenvalue weighted by Gasteiger charge is -2.30. The van der Waals surface area contributed by atoms with Crippen LogP contribution in [0.1, 0.15) is 136 Å². The van der Waals surface area contributed by atoms with Gasteiger partial charge < -0.3 is 113 Å². The predicted octanol–water partition coefficient (Wildman–Crippen LogP) is -10.1. The molecule has 11 atom stereocenters. The van der Waals surface area contributed by atoms with Crippen LogP contribution in [-0.4, -0.2) is 230 Å². The van der Waals surface area contributed by atoms with Crippen LogP contribution < -0.4 is 97.8 Å². The molecule has 1 fully saturated rings. The first-order valence-electron chi connectivity index (χ1n) is 33.6. The minimum absolute atomic E-state index is 0.0422. The minimum atomic E-state index is -1.62. The van der Waals surface area contributed by atoms with E-state index in [0.717, 1.165) is 10.5 Å². The number of amides is 11. The summed E-state index contributed by atoms with van der Waals surface area (Å²) in [6.45, 7) is 7.15. The van der Waals surface area contributed by atoms with Crippen molar-refractivity contribution in [1.29, 1.82) is 0 Å². The summed E-state index contributed by atoms with van der Waals surface area (Å²) >= 11 is 0. The maximum absolute atomic E-state index is 14.5. The molecule has 31 N–H and O–H groups in total. The third-order valence-corrected chi connectivity index (χ3v) is 16.2. The molecule has 1 saturated heterocycles. The average Bonchev–Trinajstić information content (AvgIpc) is 1.62. The smallest absolute Gasteiger partial charge is 0.322 e. The van der Waals surface area contributed by atoms with Crippen molar-refractivity contribution in [1.82, 2.24) is 63.4 Å². The molecule has 0 spiro atoms. The molecule has 1 aromatic carbocycles. The molecule has 34 nitrogen and oxygen atoms in total. The maximum atomic E-state index is 14.5. The highest BCUT2D eigenvalue weighted by atomic mass is 16.4. The zero-order valence-electron chi connectivity index (χ0n) is 57.2. The van der Waals surface area contributed by atoms with Gasteiger partial charge >= 0.3 is 5.97 Å². The van der Waals surface area contributed by atoms with E-state index in [0.29, 0.717) is 96.9 Å². The van der Waals surface area contributed by atoms with Gasteiger partial charge in [0.2, 0.25) is 59.1 Å². The van der Waals surface area contributed by atoms with Crippen molar-refractivity contribution in [2.45, 2.75) is 210 Å². The highest BCUT2D eigenvalue weighted by molar-refractivity contribution is 5.99. The first-order chi connectivity index (χ1) is 45.5. The van der Waals surface area contributed by atoms with Gasteiger partial charge in [-0.15, -0.1) is 0 Å². The number of unbranched alkanes of at least 4 members (excludes halogenated alkanes) is 4. The number of phenolic OH excluding ortho intramolecular Hbond substituents is 1. The Hall–Kier alpha value is -7.70. The van der Waals surface area contributed by atoms with E-state index in [4.69, 9.17) is 16.6 Å². The summed E-state index contributed by atoms with van der Waals surface area (Å²) in [5.41, 5.74) is 27.9. The second kappa shape index (κ2) is 45.7. The number of carbonyl (C=O) groups excluding carboxylic acids is 11. The van der Waals surface area contributed by atoms with Gasteiger partial charge in [0.25, 0.3) is 5.91 Å². The SMILES string of the molecule is CC(C)[C@H](NC(=O)[C@@H]1CCCN1C(=O)[C@@H]([NH3+])Cc1ccc(O)cc1)C(=O)N[C@@H](CCCC[NH3+])C(=O)N[C@@H](CCCC[NH3+])C(=O)N[C@@H](CCCC[NH3+])C(=O)N[C@@H](C)C(=O)N[C@@H](CCCNC(N)N)C(=O)N[C@@H](CCCC[NH+](C)C)C(=O)N[C@@H](CO)C(=O)N[C@@H](C)C(=O)NCC(=O)O. The van der Waals surface area contributed by atoms with Gasteiger partial charge in [0, 0.05) is 13.0 Å². The first-order valence-corrected chi connectivity index (χ1v) is 33.6. The van der Waals surface area contributed by atoms with E-state index < -0.39 is 157 Å². The summed E-state index contributed by atoms with van der Waals surface area (Å²) in [5, 5.41) is 57.7. The van der Waals surface area contributed by atoms with E-state index in [-0.39, 0.29) is 63.1 Å². The number of aliphatic carboxylic acids is 1. The Bertz CT molecular complexity index is 2640. The molecule has 1 heterocycles. The summed E-state index contributed by atoms with van der Waals surface area (Å²) in [6, 6.07) is -6.97. The predicted molar refractivity (Wildman–Crippen MR) is 350 cm³/mol. The van der Waals surface area contributed by atoms with Crippen molar-refractivity contribution in [3.05, 3.63) is 29.8 Å². The quantitative estimate of drug-likeness (QED) is 0.0213. The first kappa shape index (κ1) is 84.4. The number of rotatable bonds is 48. The highest BCUT2D eigenvalue weighted by Crippen LogP contribution is 2.21. The molecule has 1 aliphatic heterocycles. The maximum Gasteiger partial charge on any atom is 0.322 e. The van der Waals surface area contributed by atoms with Gasteiger partial charge in [-0.2, -0.15) is 0 Å². The molecule has 0 unspecified atom stereocenters. The number of aliphatic hydroxyl groups is 1. The zero-order chi connectivity index (χ0) is 72.0. The van der Waals surface area contributed by atoms with Crippen LogP contribution in [-0.2, 0) is 64.0 Å². The number of aromatic hydroxyl groups is 1. The largest absolute Gasteiger partial charge is 0.508 e. The average molecular weight is 1370 g/mol. The Balaban J connectivity index is 2.39. The molecule has 0 aromatic heterocycles. The minimum Gasteiger partial charge on any atom is -0.508 e. The van der Waals surface area contributed by atoms with Crippen LogP contribution in [0.3, 0.4) is 0 Å². The molecule has 1 aliphatic rings. The second-order valence-corrected chi connectivity index (χ2v) is 25.2. The number of hydrogen-bond donors (Lipinski definition) is 21. The fourth-order valence-electron chi connectivity index (χ4n) is 10.6. The Morgan fingerprint density at radius 3 is 1.42 bits per heavy atom. The molecule has 0 bridgehead atoms. The van der Waals surface area contributed by atoms with Gasteiger partial charge in [-0.1, -0.05) is 26.0 Å². The molecule has 2 rings (SSSR count). The molecule has 544 valence electrons. The number of nitrogens with one attached hydrogen (secondary N) is 12. The van der Waals surface area contributed by atoms with Crippen LogP contribution in [0, 0.1) is 5.92 Å². The summed E-state index contributed by atoms with van der Waals surface area (Å²) in [6.07, 6.45) is 4.78. The monoisotopic (exact) mass is 1370 g/mol. The normalized spacial score (nSPS) is 16.1. The fourth-order valence-corrected chi connectivity index (χ4v) is 10.6. The molecule has 96 heavy (non-hydrogen) atoms. The topological polar surface area (TPSA) is 568 Å². The van der Waals surface area contributed by atoms with Gasteiger partial charge in [-0.05, 0) is 147 Å². The van der Waals surface area contributed by atoms with Gasteiger partial charge in [0.05, 0.1) is 46.9 Å². The van der Waals surface area contributed by atoms with Crippen LogP contribution in [0.15, 0.2) is 24.3 Å². The van der Waals surface area contributed by atoms with Gasteiger partial charge in [-0.25, -0.2) is 0 Å². The lowest BCUT2D eigenvalue weighted by atomic mass is 10.0. The lowest BCUT2D eigenvalue weighted by molar-refractivity contribution is -0.858. The fraction of sp³-hybridized carbons (Fsp3) is 0.710. The number of quaternary nitrogens is 5. The molecule has 0 aliphatic carbocycles. The number of carbonyl (C=O) groups is 12. The van der Waals surface area contributed by atoms with E-state index >= 15 is 0 Å². The Morgan fingerprint density at radius 2 is 0.979 bits per heavy atom. The Kier molecular flexibility index (Phi) is 40.2. The Morgan fingerprint density at radius 1 is 0.562 bits per heavy atom. The summed E-state index contributed by atoms with van der Waals surface area (Å²) in [5.74, 6) is -9.89. The van der Waals surface area contributed by atoms with Crippen LogP contribution >= 0.6 is 0 Å². The second-order valence-electron chi connectivity index (χ2n) is 25.2. The number of carboxylic acids is 1. The number of aliphatic hydroxyl groups excluding tert-OH is 1. The van der Waals surface area contributed by atoms with Gasteiger partial charge in [-0.3, -0.25) is 62.9 Å². The van der Waals surface area contributed by atoms with E-state index in [9.17, 15) is 67.7 Å². The van der Waals surface area contributed by atoms with E-state index in [1.54, 1.807) is 26.0 Å². The van der Waals surface area contributed by atoms with Gasteiger partial charge in [0.1, 0.15) is 79.0 Å². The molecule has 0 saturated carbocycles. The molecule has 34 heteroatoms. The van der Waals surface area contributed by atoms with Crippen molar-refractivity contribution in [2.24, 2.45) is 17.4 Å². The molecule has 1 aromatic rings. The molecule has 11 amide bonds. The molecular weight excluding hydrogens is 1250 g/mol. The van der Waals surface area contributed by atoms with Crippen molar-refractivity contribution in [3.63, 3.8) is 0 Å². The summed E-state index contributed by atoms with van der Waals surface area (Å²) in [7, 11) is 3.86. The third kappa shape index (κ3) is 31.9. The number of phenols is 1.